The van der Waals surface area contributed by atoms with Crippen molar-refractivity contribution in [2.45, 2.75) is 6.61 Å². The largest absolute Gasteiger partial charge is 0.493 e. The van der Waals surface area contributed by atoms with E-state index in [0.717, 1.165) is 0 Å². The van der Waals surface area contributed by atoms with Crippen molar-refractivity contribution in [1.29, 1.82) is 0 Å². The standard InChI is InChI=1S/C19H14F3N3O3/c1-27-18-9-13(4-7-17(18)28-19(21)22)16(26)6-3-12-2-5-15(14(20)8-12)25-11-23-10-24-25/h2-11,19H,1H3. The molecule has 0 saturated carbocycles. The molecule has 0 bridgehead atoms. The molecule has 2 aromatic carbocycles. The van der Waals surface area contributed by atoms with Gasteiger partial charge < -0.3 is 9.47 Å². The maximum Gasteiger partial charge on any atom is 0.387 e. The molecule has 144 valence electrons. The Balaban J connectivity index is 1.77. The van der Waals surface area contributed by atoms with Crippen molar-refractivity contribution in [2.75, 3.05) is 7.11 Å². The normalized spacial score (nSPS) is 11.2. The fourth-order valence-electron chi connectivity index (χ4n) is 2.43. The third-order valence-corrected chi connectivity index (χ3v) is 3.73. The molecular formula is C19H14F3N3O3. The first kappa shape index (κ1) is 19.2. The second-order valence-corrected chi connectivity index (χ2v) is 5.49. The van der Waals surface area contributed by atoms with Crippen LogP contribution in [0.5, 0.6) is 11.5 Å². The molecule has 0 aliphatic rings. The predicted octanol–water partition coefficient (Wildman–Crippen LogP) is 3.91. The molecule has 1 heterocycles. The van der Waals surface area contributed by atoms with Gasteiger partial charge in [0.25, 0.3) is 0 Å². The molecule has 28 heavy (non-hydrogen) atoms. The summed E-state index contributed by atoms with van der Waals surface area (Å²) in [4.78, 5) is 16.1. The summed E-state index contributed by atoms with van der Waals surface area (Å²) in [7, 11) is 1.28. The summed E-state index contributed by atoms with van der Waals surface area (Å²) in [5.74, 6) is -1.12. The van der Waals surface area contributed by atoms with Crippen LogP contribution in [0.15, 0.2) is 55.1 Å². The monoisotopic (exact) mass is 389 g/mol. The Bertz CT molecular complexity index is 1000. The summed E-state index contributed by atoms with van der Waals surface area (Å²) >= 11 is 0. The molecular weight excluding hydrogens is 375 g/mol. The highest BCUT2D eigenvalue weighted by atomic mass is 19.3. The molecule has 9 heteroatoms. The zero-order valence-electron chi connectivity index (χ0n) is 14.6. The van der Waals surface area contributed by atoms with E-state index < -0.39 is 18.2 Å². The quantitative estimate of drug-likeness (QED) is 0.453. The van der Waals surface area contributed by atoms with Gasteiger partial charge >= 0.3 is 6.61 Å². The molecule has 0 N–H and O–H groups in total. The number of hydrogen-bond acceptors (Lipinski definition) is 5. The fourth-order valence-corrected chi connectivity index (χ4v) is 2.43. The predicted molar refractivity (Wildman–Crippen MR) is 94.3 cm³/mol. The summed E-state index contributed by atoms with van der Waals surface area (Å²) < 4.78 is 49.5. The molecule has 0 aliphatic heterocycles. The highest BCUT2D eigenvalue weighted by Crippen LogP contribution is 2.29. The Morgan fingerprint density at radius 3 is 2.64 bits per heavy atom. The van der Waals surface area contributed by atoms with E-state index in [4.69, 9.17) is 4.74 Å². The van der Waals surface area contributed by atoms with Crippen LogP contribution in [0.25, 0.3) is 11.8 Å². The number of carbonyl (C=O) groups excluding carboxylic acids is 1. The third-order valence-electron chi connectivity index (χ3n) is 3.73. The lowest BCUT2D eigenvalue weighted by Gasteiger charge is -2.10. The van der Waals surface area contributed by atoms with Gasteiger partial charge in [-0.15, -0.1) is 0 Å². The van der Waals surface area contributed by atoms with Gasteiger partial charge in [0, 0.05) is 5.56 Å². The minimum absolute atomic E-state index is 0.00257. The average molecular weight is 389 g/mol. The molecule has 0 aliphatic carbocycles. The summed E-state index contributed by atoms with van der Waals surface area (Å²) in [6.45, 7) is -3.01. The van der Waals surface area contributed by atoms with E-state index in [0.29, 0.717) is 5.56 Å². The van der Waals surface area contributed by atoms with Gasteiger partial charge in [-0.3, -0.25) is 4.79 Å². The third kappa shape index (κ3) is 4.37. The highest BCUT2D eigenvalue weighted by molar-refractivity contribution is 6.07. The van der Waals surface area contributed by atoms with Crippen LogP contribution in [0, 0.1) is 5.82 Å². The number of carbonyl (C=O) groups is 1. The molecule has 0 amide bonds. The van der Waals surface area contributed by atoms with Crippen molar-refractivity contribution < 1.29 is 27.4 Å². The number of alkyl halides is 2. The van der Waals surface area contributed by atoms with Crippen LogP contribution >= 0.6 is 0 Å². The molecule has 0 fully saturated rings. The van der Waals surface area contributed by atoms with Crippen LogP contribution in [0.3, 0.4) is 0 Å². The maximum absolute atomic E-state index is 14.2. The maximum atomic E-state index is 14.2. The summed E-state index contributed by atoms with van der Waals surface area (Å²) in [5, 5.41) is 3.86. The SMILES string of the molecule is COc1cc(C(=O)C=Cc2ccc(-n3cncn3)c(F)c2)ccc1OC(F)F. The number of methoxy groups -OCH3 is 1. The van der Waals surface area contributed by atoms with E-state index in [1.54, 1.807) is 6.07 Å². The van der Waals surface area contributed by atoms with Crippen LogP contribution in [0.1, 0.15) is 15.9 Å². The van der Waals surface area contributed by atoms with Gasteiger partial charge in [-0.1, -0.05) is 12.1 Å². The van der Waals surface area contributed by atoms with Gasteiger partial charge in [-0.05, 0) is 42.0 Å². The van der Waals surface area contributed by atoms with Gasteiger partial charge in [-0.2, -0.15) is 13.9 Å². The van der Waals surface area contributed by atoms with Crippen LogP contribution in [0.4, 0.5) is 13.2 Å². The van der Waals surface area contributed by atoms with Crippen LogP contribution < -0.4 is 9.47 Å². The Hall–Kier alpha value is -3.62. The Labute approximate surface area is 157 Å². The van der Waals surface area contributed by atoms with Crippen molar-refractivity contribution in [2.24, 2.45) is 0 Å². The summed E-state index contributed by atoms with van der Waals surface area (Å²) in [6.07, 6.45) is 5.34. The van der Waals surface area contributed by atoms with Crippen LogP contribution in [-0.4, -0.2) is 34.3 Å². The van der Waals surface area contributed by atoms with Gasteiger partial charge in [-0.25, -0.2) is 14.1 Å². The Kier molecular flexibility index (Phi) is 5.73. The number of rotatable bonds is 7. The lowest BCUT2D eigenvalue weighted by atomic mass is 10.1. The van der Waals surface area contributed by atoms with Crippen molar-refractivity contribution in [3.05, 3.63) is 72.1 Å². The van der Waals surface area contributed by atoms with Crippen molar-refractivity contribution in [3.8, 4) is 17.2 Å². The molecule has 0 unspecified atom stereocenters. The van der Waals surface area contributed by atoms with Crippen LogP contribution in [-0.2, 0) is 0 Å². The van der Waals surface area contributed by atoms with E-state index in [-0.39, 0.29) is 22.7 Å². The number of hydrogen-bond donors (Lipinski definition) is 0. The van der Waals surface area contributed by atoms with E-state index in [9.17, 15) is 18.0 Å². The number of ketones is 1. The zero-order valence-corrected chi connectivity index (χ0v) is 14.6. The van der Waals surface area contributed by atoms with Crippen LogP contribution in [0.2, 0.25) is 0 Å². The van der Waals surface area contributed by atoms with E-state index in [2.05, 4.69) is 14.8 Å². The Morgan fingerprint density at radius 1 is 1.18 bits per heavy atom. The fraction of sp³-hybridized carbons (Fsp3) is 0.105. The highest BCUT2D eigenvalue weighted by Gasteiger charge is 2.13. The smallest absolute Gasteiger partial charge is 0.387 e. The molecule has 0 spiro atoms. The first-order valence-electron chi connectivity index (χ1n) is 7.97. The van der Waals surface area contributed by atoms with Gasteiger partial charge in [0.1, 0.15) is 24.2 Å². The first-order chi connectivity index (χ1) is 13.5. The van der Waals surface area contributed by atoms with Gasteiger partial charge in [0.05, 0.1) is 7.11 Å². The van der Waals surface area contributed by atoms with Crippen molar-refractivity contribution >= 4 is 11.9 Å². The van der Waals surface area contributed by atoms with Gasteiger partial charge in [0.2, 0.25) is 0 Å². The van der Waals surface area contributed by atoms with E-state index in [1.807, 2.05) is 0 Å². The average Bonchev–Trinajstić information content (AvgIpc) is 3.20. The second-order valence-electron chi connectivity index (χ2n) is 5.49. The molecule has 3 aromatic rings. The number of nitrogens with zero attached hydrogens (tertiary/aromatic N) is 3. The number of allylic oxidation sites excluding steroid dienone is 1. The minimum Gasteiger partial charge on any atom is -0.493 e. The molecule has 0 saturated heterocycles. The molecule has 1 aromatic heterocycles. The Morgan fingerprint density at radius 2 is 2.00 bits per heavy atom. The number of aromatic nitrogens is 3. The summed E-state index contributed by atoms with van der Waals surface area (Å²) in [6, 6.07) is 8.22. The molecule has 0 radical (unpaired) electrons. The van der Waals surface area contributed by atoms with Crippen molar-refractivity contribution in [3.63, 3.8) is 0 Å². The van der Waals surface area contributed by atoms with E-state index in [1.165, 1.54) is 66.9 Å². The summed E-state index contributed by atoms with van der Waals surface area (Å²) in [5.41, 5.74) is 0.883. The topological polar surface area (TPSA) is 66.2 Å². The number of benzene rings is 2. The van der Waals surface area contributed by atoms with Crippen molar-refractivity contribution in [1.82, 2.24) is 14.8 Å². The molecule has 0 atom stereocenters. The molecule has 6 nitrogen and oxygen atoms in total. The number of halogens is 3. The zero-order chi connectivity index (χ0) is 20.1. The molecule has 3 rings (SSSR count). The lowest BCUT2D eigenvalue weighted by Crippen LogP contribution is -2.04. The first-order valence-corrected chi connectivity index (χ1v) is 7.97. The lowest BCUT2D eigenvalue weighted by molar-refractivity contribution is -0.0512. The number of ether oxygens (including phenoxy) is 2. The van der Waals surface area contributed by atoms with E-state index >= 15 is 0 Å². The second kappa shape index (κ2) is 8.38. The van der Waals surface area contributed by atoms with Gasteiger partial charge in [0.15, 0.2) is 17.3 Å². The minimum atomic E-state index is -3.01.